The van der Waals surface area contributed by atoms with Gasteiger partial charge in [0.1, 0.15) is 11.9 Å². The topological polar surface area (TPSA) is 59.5 Å². The minimum absolute atomic E-state index is 0.0241. The van der Waals surface area contributed by atoms with E-state index in [9.17, 15) is 8.42 Å². The second kappa shape index (κ2) is 6.83. The average Bonchev–Trinajstić information content (AvgIpc) is 2.90. The summed E-state index contributed by atoms with van der Waals surface area (Å²) in [6, 6.07) is 8.66. The van der Waals surface area contributed by atoms with Crippen molar-refractivity contribution in [3.63, 3.8) is 0 Å². The summed E-state index contributed by atoms with van der Waals surface area (Å²) in [7, 11) is -3.56. The molecule has 2 atom stereocenters. The molecular weight excluding hydrogens is 372 g/mol. The molecule has 26 heavy (non-hydrogen) atoms. The molecule has 0 radical (unpaired) electrons. The van der Waals surface area contributed by atoms with Gasteiger partial charge in [-0.1, -0.05) is 17.7 Å². The van der Waals surface area contributed by atoms with Gasteiger partial charge in [-0.15, -0.1) is 0 Å². The largest absolute Gasteiger partial charge is 0.490 e. The maximum absolute atomic E-state index is 13.3. The van der Waals surface area contributed by atoms with Gasteiger partial charge in [-0.05, 0) is 49.6 Å². The Morgan fingerprint density at radius 3 is 2.42 bits per heavy atom. The van der Waals surface area contributed by atoms with Gasteiger partial charge < -0.3 is 4.74 Å². The Morgan fingerprint density at radius 1 is 1.12 bits per heavy atom. The van der Waals surface area contributed by atoms with E-state index < -0.39 is 10.0 Å². The molecule has 2 saturated heterocycles. The van der Waals surface area contributed by atoms with Crippen LogP contribution in [0.25, 0.3) is 0 Å². The number of rotatable bonds is 4. The van der Waals surface area contributed by atoms with Gasteiger partial charge in [-0.3, -0.25) is 4.98 Å². The first kappa shape index (κ1) is 17.8. The molecule has 2 unspecified atom stereocenters. The van der Waals surface area contributed by atoms with Gasteiger partial charge in [0.15, 0.2) is 0 Å². The second-order valence-electron chi connectivity index (χ2n) is 7.02. The highest BCUT2D eigenvalue weighted by atomic mass is 35.5. The Labute approximate surface area is 159 Å². The van der Waals surface area contributed by atoms with Crippen molar-refractivity contribution in [2.24, 2.45) is 0 Å². The highest BCUT2D eigenvalue weighted by Gasteiger charge is 2.48. The van der Waals surface area contributed by atoms with Crippen molar-refractivity contribution in [2.75, 3.05) is 0 Å². The summed E-state index contributed by atoms with van der Waals surface area (Å²) in [6.45, 7) is 1.81. The maximum Gasteiger partial charge on any atom is 0.243 e. The van der Waals surface area contributed by atoms with Crippen LogP contribution in [-0.4, -0.2) is 35.9 Å². The van der Waals surface area contributed by atoms with E-state index in [4.69, 9.17) is 16.3 Å². The van der Waals surface area contributed by atoms with Gasteiger partial charge >= 0.3 is 0 Å². The summed E-state index contributed by atoms with van der Waals surface area (Å²) in [4.78, 5) is 4.31. The van der Waals surface area contributed by atoms with E-state index in [1.54, 1.807) is 34.9 Å². The number of ether oxygens (including phenoxy) is 1. The quantitative estimate of drug-likeness (QED) is 0.793. The second-order valence-corrected chi connectivity index (χ2v) is 9.27. The lowest BCUT2D eigenvalue weighted by Gasteiger charge is -2.38. The summed E-state index contributed by atoms with van der Waals surface area (Å²) >= 11 is 6.06. The Hall–Kier alpha value is -1.63. The van der Waals surface area contributed by atoms with Crippen molar-refractivity contribution >= 4 is 21.6 Å². The first-order chi connectivity index (χ1) is 12.4. The van der Waals surface area contributed by atoms with Gasteiger partial charge in [0, 0.05) is 42.3 Å². The number of hydrogen-bond acceptors (Lipinski definition) is 4. The number of piperidine rings is 1. The van der Waals surface area contributed by atoms with E-state index in [-0.39, 0.29) is 18.2 Å². The molecule has 0 saturated carbocycles. The fraction of sp³-hybridized carbons (Fsp3) is 0.421. The van der Waals surface area contributed by atoms with Crippen molar-refractivity contribution < 1.29 is 13.2 Å². The van der Waals surface area contributed by atoms with Crippen LogP contribution in [0, 0.1) is 6.92 Å². The zero-order chi connectivity index (χ0) is 18.3. The average molecular weight is 393 g/mol. The summed E-state index contributed by atoms with van der Waals surface area (Å²) in [5.74, 6) is 0.784. The number of aryl methyl sites for hydroxylation is 1. The Balaban J connectivity index is 1.57. The van der Waals surface area contributed by atoms with Gasteiger partial charge in [0.05, 0.1) is 4.90 Å². The van der Waals surface area contributed by atoms with Crippen LogP contribution in [0.15, 0.2) is 47.6 Å². The van der Waals surface area contributed by atoms with Crippen LogP contribution in [0.3, 0.4) is 0 Å². The summed E-state index contributed by atoms with van der Waals surface area (Å²) in [5.41, 5.74) is 0.726. The smallest absolute Gasteiger partial charge is 0.243 e. The van der Waals surface area contributed by atoms with Gasteiger partial charge in [0.25, 0.3) is 0 Å². The number of nitrogens with zero attached hydrogens (tertiary/aromatic N) is 2. The van der Waals surface area contributed by atoms with Crippen molar-refractivity contribution in [1.29, 1.82) is 0 Å². The normalized spacial score (nSPS) is 26.0. The number of hydrogen-bond donors (Lipinski definition) is 0. The lowest BCUT2D eigenvalue weighted by atomic mass is 10.0. The van der Waals surface area contributed by atoms with Crippen molar-refractivity contribution in [1.82, 2.24) is 9.29 Å². The number of aromatic nitrogens is 1. The molecule has 1 aromatic carbocycles. The number of benzene rings is 1. The highest BCUT2D eigenvalue weighted by Crippen LogP contribution is 2.41. The zero-order valence-corrected chi connectivity index (χ0v) is 16.1. The minimum atomic E-state index is -3.56. The highest BCUT2D eigenvalue weighted by molar-refractivity contribution is 7.89. The SMILES string of the molecule is Cc1ccc(Cl)cc1S(=O)(=O)N1C2CCC1CC(Oc1ccncc1)C2. The summed E-state index contributed by atoms with van der Waals surface area (Å²) in [6.07, 6.45) is 6.59. The predicted octanol–water partition coefficient (Wildman–Crippen LogP) is 3.81. The third kappa shape index (κ3) is 3.21. The molecule has 0 amide bonds. The molecule has 0 spiro atoms. The fourth-order valence-electron chi connectivity index (χ4n) is 4.15. The predicted molar refractivity (Wildman–Crippen MR) is 99.9 cm³/mol. The number of pyridine rings is 1. The molecule has 4 rings (SSSR count). The van der Waals surface area contributed by atoms with Crippen LogP contribution >= 0.6 is 11.6 Å². The Bertz CT molecular complexity index is 890. The molecule has 2 aromatic rings. The number of fused-ring (bicyclic) bond motifs is 2. The molecule has 2 aliphatic rings. The van der Waals surface area contributed by atoms with E-state index in [1.807, 2.05) is 19.1 Å². The van der Waals surface area contributed by atoms with Crippen LogP contribution in [0.5, 0.6) is 5.75 Å². The summed E-state index contributed by atoms with van der Waals surface area (Å²) < 4.78 is 34.4. The van der Waals surface area contributed by atoms with Gasteiger partial charge in [-0.2, -0.15) is 4.31 Å². The molecule has 0 N–H and O–H groups in total. The van der Waals surface area contributed by atoms with Crippen molar-refractivity contribution in [3.8, 4) is 5.75 Å². The van der Waals surface area contributed by atoms with Gasteiger partial charge in [0.2, 0.25) is 10.0 Å². The van der Waals surface area contributed by atoms with E-state index in [2.05, 4.69) is 4.98 Å². The zero-order valence-electron chi connectivity index (χ0n) is 14.5. The standard InChI is InChI=1S/C19H21ClN2O3S/c1-13-2-3-14(20)10-19(13)26(23,24)22-15-4-5-16(22)12-18(11-15)25-17-6-8-21-9-7-17/h2-3,6-10,15-16,18H,4-5,11-12H2,1H3. The molecule has 5 nitrogen and oxygen atoms in total. The monoisotopic (exact) mass is 392 g/mol. The van der Waals surface area contributed by atoms with Crippen molar-refractivity contribution in [3.05, 3.63) is 53.3 Å². The molecule has 7 heteroatoms. The molecule has 0 aliphatic carbocycles. The van der Waals surface area contributed by atoms with Crippen LogP contribution < -0.4 is 4.74 Å². The first-order valence-corrected chi connectivity index (χ1v) is 10.6. The maximum atomic E-state index is 13.3. The summed E-state index contributed by atoms with van der Waals surface area (Å²) in [5, 5.41) is 0.442. The van der Waals surface area contributed by atoms with Crippen LogP contribution in [-0.2, 0) is 10.0 Å². The van der Waals surface area contributed by atoms with Crippen LogP contribution in [0.4, 0.5) is 0 Å². The molecular formula is C19H21ClN2O3S. The molecule has 2 aliphatic heterocycles. The molecule has 2 bridgehead atoms. The van der Waals surface area contributed by atoms with E-state index in [1.165, 1.54) is 0 Å². The molecule has 3 heterocycles. The fourth-order valence-corrected chi connectivity index (χ4v) is 6.53. The minimum Gasteiger partial charge on any atom is -0.490 e. The Morgan fingerprint density at radius 2 is 1.77 bits per heavy atom. The van der Waals surface area contributed by atoms with Crippen LogP contribution in [0.2, 0.25) is 5.02 Å². The first-order valence-electron chi connectivity index (χ1n) is 8.81. The van der Waals surface area contributed by atoms with Crippen molar-refractivity contribution in [2.45, 2.75) is 55.7 Å². The molecule has 2 fully saturated rings. The van der Waals surface area contributed by atoms with E-state index in [0.29, 0.717) is 22.8 Å². The third-order valence-corrected chi connectivity index (χ3v) is 7.66. The third-order valence-electron chi connectivity index (χ3n) is 5.28. The van der Waals surface area contributed by atoms with Crippen LogP contribution in [0.1, 0.15) is 31.2 Å². The van der Waals surface area contributed by atoms with E-state index >= 15 is 0 Å². The van der Waals surface area contributed by atoms with Gasteiger partial charge in [-0.25, -0.2) is 8.42 Å². The number of halogens is 1. The number of sulfonamides is 1. The molecule has 138 valence electrons. The Kier molecular flexibility index (Phi) is 4.67. The molecule has 1 aromatic heterocycles. The lowest BCUT2D eigenvalue weighted by molar-refractivity contribution is 0.0956. The van der Waals surface area contributed by atoms with E-state index in [0.717, 1.165) is 24.2 Å². The lowest BCUT2D eigenvalue weighted by Crippen LogP contribution is -2.49.